The molecule has 0 unspecified atom stereocenters. The summed E-state index contributed by atoms with van der Waals surface area (Å²) in [4.78, 5) is 21.1. The van der Waals surface area contributed by atoms with Crippen LogP contribution in [0, 0.1) is 0 Å². The van der Waals surface area contributed by atoms with E-state index in [1.165, 1.54) is 23.1 Å². The number of methoxy groups -OCH3 is 2. The Kier molecular flexibility index (Phi) is 5.49. The van der Waals surface area contributed by atoms with E-state index in [-0.39, 0.29) is 11.7 Å². The Labute approximate surface area is 170 Å². The van der Waals surface area contributed by atoms with Crippen LogP contribution in [-0.2, 0) is 4.79 Å². The summed E-state index contributed by atoms with van der Waals surface area (Å²) in [6, 6.07) is 5.53. The number of benzene rings is 1. The van der Waals surface area contributed by atoms with E-state index in [0.717, 1.165) is 29.9 Å². The molecule has 0 atom stereocenters. The third-order valence-corrected chi connectivity index (χ3v) is 5.82. The molecule has 4 rings (SSSR count). The van der Waals surface area contributed by atoms with Gasteiger partial charge in [0, 0.05) is 22.9 Å². The van der Waals surface area contributed by atoms with Crippen LogP contribution in [0.25, 0.3) is 11.3 Å². The summed E-state index contributed by atoms with van der Waals surface area (Å²) in [6.45, 7) is 0. The summed E-state index contributed by atoms with van der Waals surface area (Å²) in [5.74, 6) is 2.88. The van der Waals surface area contributed by atoms with Crippen molar-refractivity contribution in [2.24, 2.45) is 0 Å². The standard InChI is InChI=1S/C18H19N5O3S2/c1-25-11-5-6-12(14(7-11)26-2)13-8-27-17(19-13)20-15(24)9-28-18-21-16(22-23-18)10-3-4-10/h5-8,10H,3-4,9H2,1-2H3,(H,19,20,24)(H,21,22,23). The number of aromatic nitrogens is 4. The highest BCUT2D eigenvalue weighted by Gasteiger charge is 2.27. The number of hydrogen-bond acceptors (Lipinski definition) is 8. The number of hydrogen-bond donors (Lipinski definition) is 2. The van der Waals surface area contributed by atoms with Crippen molar-refractivity contribution < 1.29 is 14.3 Å². The van der Waals surface area contributed by atoms with E-state index in [9.17, 15) is 4.79 Å². The number of anilines is 1. The molecule has 2 aromatic heterocycles. The molecule has 0 bridgehead atoms. The van der Waals surface area contributed by atoms with Gasteiger partial charge in [-0.05, 0) is 25.0 Å². The van der Waals surface area contributed by atoms with E-state index < -0.39 is 0 Å². The van der Waals surface area contributed by atoms with Crippen molar-refractivity contribution in [3.05, 3.63) is 29.4 Å². The predicted octanol–water partition coefficient (Wildman–Crippen LogP) is 3.55. The number of carbonyl (C=O) groups is 1. The lowest BCUT2D eigenvalue weighted by molar-refractivity contribution is -0.113. The molecule has 1 aromatic carbocycles. The number of thiazole rings is 1. The van der Waals surface area contributed by atoms with Crippen molar-refractivity contribution in [3.63, 3.8) is 0 Å². The quantitative estimate of drug-likeness (QED) is 0.540. The number of carbonyl (C=O) groups excluding carboxylic acids is 1. The van der Waals surface area contributed by atoms with Crippen LogP contribution < -0.4 is 14.8 Å². The zero-order chi connectivity index (χ0) is 19.5. The Morgan fingerprint density at radius 2 is 2.18 bits per heavy atom. The topological polar surface area (TPSA) is 102 Å². The third kappa shape index (κ3) is 4.28. The highest BCUT2D eigenvalue weighted by atomic mass is 32.2. The van der Waals surface area contributed by atoms with Gasteiger partial charge in [0.15, 0.2) is 5.13 Å². The fourth-order valence-electron chi connectivity index (χ4n) is 2.61. The molecule has 3 aromatic rings. The van der Waals surface area contributed by atoms with Crippen molar-refractivity contribution in [2.45, 2.75) is 23.9 Å². The molecule has 0 spiro atoms. The second-order valence-corrected chi connectivity index (χ2v) is 8.02. The Bertz CT molecular complexity index is 983. The molecule has 2 N–H and O–H groups in total. The summed E-state index contributed by atoms with van der Waals surface area (Å²) in [6.07, 6.45) is 2.32. The minimum Gasteiger partial charge on any atom is -0.497 e. The fourth-order valence-corrected chi connectivity index (χ4v) is 3.94. The molecule has 0 saturated heterocycles. The average Bonchev–Trinajstić information content (AvgIpc) is 3.28. The second-order valence-electron chi connectivity index (χ2n) is 6.22. The normalized spacial score (nSPS) is 13.4. The maximum absolute atomic E-state index is 12.2. The maximum atomic E-state index is 12.2. The first-order valence-corrected chi connectivity index (χ1v) is 10.6. The van der Waals surface area contributed by atoms with Gasteiger partial charge in [0.25, 0.3) is 0 Å². The number of nitrogens with zero attached hydrogens (tertiary/aromatic N) is 3. The van der Waals surface area contributed by atoms with Crippen molar-refractivity contribution in [3.8, 4) is 22.8 Å². The highest BCUT2D eigenvalue weighted by molar-refractivity contribution is 7.99. The molecule has 1 fully saturated rings. The van der Waals surface area contributed by atoms with Crippen LogP contribution in [0.15, 0.2) is 28.7 Å². The van der Waals surface area contributed by atoms with Crippen molar-refractivity contribution in [1.82, 2.24) is 20.2 Å². The molecule has 10 heteroatoms. The van der Waals surface area contributed by atoms with Gasteiger partial charge in [0.2, 0.25) is 11.1 Å². The first-order valence-electron chi connectivity index (χ1n) is 8.69. The highest BCUT2D eigenvalue weighted by Crippen LogP contribution is 2.38. The smallest absolute Gasteiger partial charge is 0.236 e. The Morgan fingerprint density at radius 1 is 1.32 bits per heavy atom. The number of rotatable bonds is 8. The van der Waals surface area contributed by atoms with Gasteiger partial charge < -0.3 is 14.8 Å². The van der Waals surface area contributed by atoms with E-state index in [1.54, 1.807) is 20.3 Å². The first-order chi connectivity index (χ1) is 13.7. The number of nitrogens with one attached hydrogen (secondary N) is 2. The molecule has 28 heavy (non-hydrogen) atoms. The summed E-state index contributed by atoms with van der Waals surface area (Å²) >= 11 is 2.67. The van der Waals surface area contributed by atoms with Gasteiger partial charge in [-0.15, -0.1) is 16.4 Å². The summed E-state index contributed by atoms with van der Waals surface area (Å²) in [5, 5.41) is 12.9. The lowest BCUT2D eigenvalue weighted by Gasteiger charge is -2.08. The first kappa shape index (κ1) is 18.8. The average molecular weight is 418 g/mol. The van der Waals surface area contributed by atoms with Gasteiger partial charge in [-0.2, -0.15) is 0 Å². The molecule has 8 nitrogen and oxygen atoms in total. The minimum absolute atomic E-state index is 0.148. The maximum Gasteiger partial charge on any atom is 0.236 e. The van der Waals surface area contributed by atoms with Gasteiger partial charge in [-0.3, -0.25) is 9.89 Å². The zero-order valence-corrected chi connectivity index (χ0v) is 17.0. The van der Waals surface area contributed by atoms with Crippen LogP contribution in [0.4, 0.5) is 5.13 Å². The number of H-pyrrole nitrogens is 1. The minimum atomic E-state index is -0.148. The van der Waals surface area contributed by atoms with E-state index >= 15 is 0 Å². The van der Waals surface area contributed by atoms with E-state index in [1.807, 2.05) is 17.5 Å². The number of aromatic amines is 1. The molecule has 0 aliphatic heterocycles. The van der Waals surface area contributed by atoms with Crippen molar-refractivity contribution in [2.75, 3.05) is 25.3 Å². The molecule has 1 aliphatic rings. The van der Waals surface area contributed by atoms with E-state index in [2.05, 4.69) is 25.5 Å². The SMILES string of the molecule is COc1ccc(-c2csc(NC(=O)CSc3n[nH]c(C4CC4)n3)n2)c(OC)c1. The number of amides is 1. The van der Waals surface area contributed by atoms with Crippen LogP contribution >= 0.6 is 23.1 Å². The fraction of sp³-hybridized carbons (Fsp3) is 0.333. The van der Waals surface area contributed by atoms with Gasteiger partial charge in [-0.1, -0.05) is 11.8 Å². The zero-order valence-electron chi connectivity index (χ0n) is 15.4. The largest absolute Gasteiger partial charge is 0.497 e. The molecule has 0 radical (unpaired) electrons. The Balaban J connectivity index is 1.36. The Hall–Kier alpha value is -2.59. The number of ether oxygens (including phenoxy) is 2. The van der Waals surface area contributed by atoms with Gasteiger partial charge in [0.1, 0.15) is 17.3 Å². The van der Waals surface area contributed by atoms with Gasteiger partial charge >= 0.3 is 0 Å². The molecule has 1 saturated carbocycles. The lowest BCUT2D eigenvalue weighted by atomic mass is 10.1. The molecule has 1 amide bonds. The predicted molar refractivity (Wildman–Crippen MR) is 108 cm³/mol. The van der Waals surface area contributed by atoms with Crippen molar-refractivity contribution in [1.29, 1.82) is 0 Å². The van der Waals surface area contributed by atoms with Crippen LogP contribution in [0.5, 0.6) is 11.5 Å². The monoisotopic (exact) mass is 417 g/mol. The van der Waals surface area contributed by atoms with Crippen LogP contribution in [0.2, 0.25) is 0 Å². The lowest BCUT2D eigenvalue weighted by Crippen LogP contribution is -2.13. The number of thioether (sulfide) groups is 1. The van der Waals surface area contributed by atoms with Crippen LogP contribution in [0.3, 0.4) is 0 Å². The summed E-state index contributed by atoms with van der Waals surface area (Å²) < 4.78 is 10.6. The van der Waals surface area contributed by atoms with Gasteiger partial charge in [0.05, 0.1) is 25.7 Å². The summed E-state index contributed by atoms with van der Waals surface area (Å²) in [5.41, 5.74) is 1.57. The molecular formula is C18H19N5O3S2. The second kappa shape index (κ2) is 8.19. The molecule has 146 valence electrons. The van der Waals surface area contributed by atoms with Crippen molar-refractivity contribution >= 4 is 34.1 Å². The Morgan fingerprint density at radius 3 is 2.93 bits per heavy atom. The summed E-state index contributed by atoms with van der Waals surface area (Å²) in [7, 11) is 3.20. The molecule has 2 heterocycles. The van der Waals surface area contributed by atoms with E-state index in [4.69, 9.17) is 9.47 Å². The molecular weight excluding hydrogens is 398 g/mol. The van der Waals surface area contributed by atoms with E-state index in [0.29, 0.717) is 27.7 Å². The van der Waals surface area contributed by atoms with Gasteiger partial charge in [-0.25, -0.2) is 9.97 Å². The van der Waals surface area contributed by atoms with Crippen LogP contribution in [-0.4, -0.2) is 46.0 Å². The van der Waals surface area contributed by atoms with Crippen LogP contribution in [0.1, 0.15) is 24.6 Å². The molecule has 1 aliphatic carbocycles. The third-order valence-electron chi connectivity index (χ3n) is 4.21.